The molecule has 1 aliphatic rings. The van der Waals surface area contributed by atoms with Gasteiger partial charge in [0.1, 0.15) is 0 Å². The highest BCUT2D eigenvalue weighted by Gasteiger charge is 2.20. The highest BCUT2D eigenvalue weighted by Crippen LogP contribution is 2.31. The van der Waals surface area contributed by atoms with E-state index in [-0.39, 0.29) is 0 Å². The van der Waals surface area contributed by atoms with E-state index in [9.17, 15) is 5.11 Å². The van der Waals surface area contributed by atoms with Gasteiger partial charge < -0.3 is 15.2 Å². The molecule has 1 aromatic carbocycles. The molecule has 0 aromatic heterocycles. The molecule has 0 fully saturated rings. The third-order valence-electron chi connectivity index (χ3n) is 2.93. The summed E-state index contributed by atoms with van der Waals surface area (Å²) in [5.41, 5.74) is 2.78. The summed E-state index contributed by atoms with van der Waals surface area (Å²) < 4.78 is 4.92. The summed E-state index contributed by atoms with van der Waals surface area (Å²) >= 11 is 1.94. The van der Waals surface area contributed by atoms with Gasteiger partial charge in [-0.05, 0) is 11.1 Å². The first-order valence-electron chi connectivity index (χ1n) is 5.87. The minimum Gasteiger partial charge on any atom is -0.389 e. The van der Waals surface area contributed by atoms with E-state index < -0.39 is 6.10 Å². The summed E-state index contributed by atoms with van der Waals surface area (Å²) in [7, 11) is 1.61. The van der Waals surface area contributed by atoms with Crippen molar-refractivity contribution in [3.8, 4) is 0 Å². The van der Waals surface area contributed by atoms with Crippen molar-refractivity contribution in [3.05, 3.63) is 35.4 Å². The number of nitrogens with one attached hydrogen (secondary N) is 1. The predicted octanol–water partition coefficient (Wildman–Crippen LogP) is 1.57. The van der Waals surface area contributed by atoms with Gasteiger partial charge in [-0.25, -0.2) is 0 Å². The van der Waals surface area contributed by atoms with Crippen molar-refractivity contribution in [2.75, 3.05) is 26.0 Å². The first-order chi connectivity index (χ1) is 8.31. The summed E-state index contributed by atoms with van der Waals surface area (Å²) in [4.78, 5) is 0. The van der Waals surface area contributed by atoms with Gasteiger partial charge in [0.05, 0.1) is 12.7 Å². The van der Waals surface area contributed by atoms with Gasteiger partial charge in [0.25, 0.3) is 0 Å². The van der Waals surface area contributed by atoms with Crippen molar-refractivity contribution in [1.29, 1.82) is 0 Å². The molecule has 0 bridgehead atoms. The molecule has 0 amide bonds. The van der Waals surface area contributed by atoms with Crippen LogP contribution in [0.3, 0.4) is 0 Å². The van der Waals surface area contributed by atoms with Gasteiger partial charge in [0.2, 0.25) is 0 Å². The maximum Gasteiger partial charge on any atom is 0.0897 e. The molecule has 0 aliphatic carbocycles. The molecule has 2 N–H and O–H groups in total. The normalized spacial score (nSPS) is 20.9. The lowest BCUT2D eigenvalue weighted by atomic mass is 10.0. The Labute approximate surface area is 107 Å². The lowest BCUT2D eigenvalue weighted by Gasteiger charge is -2.27. The number of thioether (sulfide) groups is 1. The van der Waals surface area contributed by atoms with Crippen LogP contribution in [-0.2, 0) is 10.5 Å². The molecular formula is C13H19NO2S. The van der Waals surface area contributed by atoms with E-state index in [1.807, 2.05) is 11.8 Å². The van der Waals surface area contributed by atoms with Crippen molar-refractivity contribution < 1.29 is 9.84 Å². The number of hydrogen-bond acceptors (Lipinski definition) is 4. The second-order valence-electron chi connectivity index (χ2n) is 4.28. The Balaban J connectivity index is 1.94. The average molecular weight is 253 g/mol. The molecule has 0 saturated heterocycles. The predicted molar refractivity (Wildman–Crippen MR) is 71.2 cm³/mol. The second kappa shape index (κ2) is 6.40. The Hall–Kier alpha value is -0.550. The molecule has 3 nitrogen and oxygen atoms in total. The van der Waals surface area contributed by atoms with E-state index >= 15 is 0 Å². The minimum absolute atomic E-state index is 0.344. The molecular weight excluding hydrogens is 234 g/mol. The molecule has 17 heavy (non-hydrogen) atoms. The molecule has 4 heteroatoms. The zero-order valence-corrected chi connectivity index (χ0v) is 10.9. The molecule has 1 aliphatic heterocycles. The van der Waals surface area contributed by atoms with Crippen LogP contribution in [0.5, 0.6) is 0 Å². The first-order valence-corrected chi connectivity index (χ1v) is 7.02. The van der Waals surface area contributed by atoms with Crippen LogP contribution < -0.4 is 5.32 Å². The standard InChI is InChI=1S/C13H19NO2S/c1-16-7-11(15)6-14-13-9-17-8-10-4-2-3-5-12(10)13/h2-5,11,13-15H,6-9H2,1H3. The van der Waals surface area contributed by atoms with Gasteiger partial charge in [0.15, 0.2) is 0 Å². The second-order valence-corrected chi connectivity index (χ2v) is 5.31. The summed E-state index contributed by atoms with van der Waals surface area (Å²) in [6.45, 7) is 0.960. The van der Waals surface area contributed by atoms with E-state index in [0.29, 0.717) is 19.2 Å². The van der Waals surface area contributed by atoms with Gasteiger partial charge in [-0.3, -0.25) is 0 Å². The molecule has 94 valence electrons. The van der Waals surface area contributed by atoms with Crippen molar-refractivity contribution in [2.24, 2.45) is 0 Å². The van der Waals surface area contributed by atoms with Gasteiger partial charge in [-0.2, -0.15) is 11.8 Å². The number of aliphatic hydroxyl groups is 1. The van der Waals surface area contributed by atoms with E-state index in [4.69, 9.17) is 4.74 Å². The monoisotopic (exact) mass is 253 g/mol. The number of rotatable bonds is 5. The highest BCUT2D eigenvalue weighted by atomic mass is 32.2. The maximum atomic E-state index is 9.63. The smallest absolute Gasteiger partial charge is 0.0897 e. The van der Waals surface area contributed by atoms with Gasteiger partial charge in [0, 0.05) is 31.2 Å². The van der Waals surface area contributed by atoms with Crippen LogP contribution in [0, 0.1) is 0 Å². The fourth-order valence-electron chi connectivity index (χ4n) is 2.08. The van der Waals surface area contributed by atoms with Crippen LogP contribution in [0.15, 0.2) is 24.3 Å². The van der Waals surface area contributed by atoms with E-state index in [2.05, 4.69) is 29.6 Å². The van der Waals surface area contributed by atoms with Gasteiger partial charge in [-0.15, -0.1) is 0 Å². The summed E-state index contributed by atoms with van der Waals surface area (Å²) in [6, 6.07) is 8.87. The van der Waals surface area contributed by atoms with E-state index in [0.717, 1.165) is 11.5 Å². The SMILES string of the molecule is COCC(O)CNC1CSCc2ccccc21. The summed E-state index contributed by atoms with van der Waals surface area (Å²) in [5.74, 6) is 2.16. The molecule has 1 aromatic rings. The van der Waals surface area contributed by atoms with Crippen LogP contribution in [0.4, 0.5) is 0 Å². The molecule has 2 unspecified atom stereocenters. The van der Waals surface area contributed by atoms with Crippen LogP contribution in [0.2, 0.25) is 0 Å². The van der Waals surface area contributed by atoms with Crippen LogP contribution in [0.25, 0.3) is 0 Å². The summed E-state index contributed by atoms with van der Waals surface area (Å²) in [5, 5.41) is 13.0. The molecule has 2 atom stereocenters. The zero-order valence-electron chi connectivity index (χ0n) is 10.1. The number of hydrogen-bond donors (Lipinski definition) is 2. The van der Waals surface area contributed by atoms with Crippen LogP contribution in [0.1, 0.15) is 17.2 Å². The molecule has 1 heterocycles. The van der Waals surface area contributed by atoms with Crippen molar-refractivity contribution in [2.45, 2.75) is 17.9 Å². The van der Waals surface area contributed by atoms with Gasteiger partial charge in [-0.1, -0.05) is 24.3 Å². The van der Waals surface area contributed by atoms with Crippen molar-refractivity contribution >= 4 is 11.8 Å². The quantitative estimate of drug-likeness (QED) is 0.836. The molecule has 0 saturated carbocycles. The molecule has 2 rings (SSSR count). The number of aliphatic hydroxyl groups excluding tert-OH is 1. The Bertz CT molecular complexity index is 359. The average Bonchev–Trinajstić information content (AvgIpc) is 2.36. The Morgan fingerprint density at radius 3 is 3.18 bits per heavy atom. The topological polar surface area (TPSA) is 41.5 Å². The number of methoxy groups -OCH3 is 1. The lowest BCUT2D eigenvalue weighted by Crippen LogP contribution is -2.35. The van der Waals surface area contributed by atoms with Crippen LogP contribution >= 0.6 is 11.8 Å². The van der Waals surface area contributed by atoms with Crippen molar-refractivity contribution in [1.82, 2.24) is 5.32 Å². The van der Waals surface area contributed by atoms with Crippen molar-refractivity contribution in [3.63, 3.8) is 0 Å². The van der Waals surface area contributed by atoms with E-state index in [1.165, 1.54) is 11.1 Å². The Morgan fingerprint density at radius 1 is 1.53 bits per heavy atom. The fraction of sp³-hybridized carbons (Fsp3) is 0.538. The Morgan fingerprint density at radius 2 is 2.35 bits per heavy atom. The lowest BCUT2D eigenvalue weighted by molar-refractivity contribution is 0.0631. The van der Waals surface area contributed by atoms with Gasteiger partial charge >= 0.3 is 0 Å². The third kappa shape index (κ3) is 3.45. The largest absolute Gasteiger partial charge is 0.389 e. The fourth-order valence-corrected chi connectivity index (χ4v) is 3.21. The number of benzene rings is 1. The molecule has 0 radical (unpaired) electrons. The highest BCUT2D eigenvalue weighted by molar-refractivity contribution is 7.98. The minimum atomic E-state index is -0.431. The molecule has 0 spiro atoms. The van der Waals surface area contributed by atoms with E-state index in [1.54, 1.807) is 7.11 Å². The number of ether oxygens (including phenoxy) is 1. The Kier molecular flexibility index (Phi) is 4.86. The zero-order chi connectivity index (χ0) is 12.1. The third-order valence-corrected chi connectivity index (χ3v) is 4.02. The van der Waals surface area contributed by atoms with Crippen LogP contribution in [-0.4, -0.2) is 37.2 Å². The number of fused-ring (bicyclic) bond motifs is 1. The maximum absolute atomic E-state index is 9.63. The first kappa shape index (κ1) is 12.9. The summed E-state index contributed by atoms with van der Waals surface area (Å²) in [6.07, 6.45) is -0.431.